The number of halogens is 2. The van der Waals surface area contributed by atoms with Crippen molar-refractivity contribution in [3.63, 3.8) is 0 Å². The highest BCUT2D eigenvalue weighted by atomic mass is 35.5. The van der Waals surface area contributed by atoms with Gasteiger partial charge in [-0.25, -0.2) is 4.39 Å². The summed E-state index contributed by atoms with van der Waals surface area (Å²) in [4.78, 5) is 0. The minimum atomic E-state index is -0.540. The summed E-state index contributed by atoms with van der Waals surface area (Å²) in [7, 11) is 2.92. The molecule has 0 bridgehead atoms. The van der Waals surface area contributed by atoms with E-state index in [0.29, 0.717) is 22.8 Å². The molecule has 2 atom stereocenters. The van der Waals surface area contributed by atoms with Crippen molar-refractivity contribution in [2.75, 3.05) is 14.2 Å². The van der Waals surface area contributed by atoms with E-state index in [9.17, 15) is 0 Å². The monoisotopic (exact) mass is 348 g/mol. The molecule has 1 heterocycles. The number of benzene rings is 2. The van der Waals surface area contributed by atoms with Crippen molar-refractivity contribution in [2.24, 2.45) is 10.2 Å². The average molecular weight is 349 g/mol. The van der Waals surface area contributed by atoms with Crippen molar-refractivity contribution in [1.82, 2.24) is 0 Å². The van der Waals surface area contributed by atoms with Gasteiger partial charge in [0.1, 0.15) is 6.04 Å². The van der Waals surface area contributed by atoms with Crippen molar-refractivity contribution in [2.45, 2.75) is 25.4 Å². The Morgan fingerprint density at radius 2 is 1.83 bits per heavy atom. The van der Waals surface area contributed by atoms with E-state index in [2.05, 4.69) is 10.2 Å². The van der Waals surface area contributed by atoms with E-state index >= 15 is 4.39 Å². The number of ether oxygens (including phenoxy) is 2. The smallest absolute Gasteiger partial charge is 0.197 e. The van der Waals surface area contributed by atoms with Gasteiger partial charge >= 0.3 is 0 Å². The third-order valence-corrected chi connectivity index (χ3v) is 4.34. The van der Waals surface area contributed by atoms with Crippen LogP contribution < -0.4 is 9.47 Å². The maximum absolute atomic E-state index is 15.2. The van der Waals surface area contributed by atoms with E-state index in [0.717, 1.165) is 11.1 Å². The molecular formula is C18H18ClFN2O2. The number of fused-ring (bicyclic) bond motifs is 1. The summed E-state index contributed by atoms with van der Waals surface area (Å²) < 4.78 is 25.7. The van der Waals surface area contributed by atoms with Crippen LogP contribution in [-0.4, -0.2) is 20.3 Å². The number of azo groups is 1. The molecule has 2 aromatic rings. The molecule has 126 valence electrons. The number of rotatable bonds is 3. The Balaban J connectivity index is 2.23. The molecule has 0 aliphatic carbocycles. The third kappa shape index (κ3) is 2.96. The molecule has 0 saturated heterocycles. The van der Waals surface area contributed by atoms with E-state index in [-0.39, 0.29) is 11.8 Å². The summed E-state index contributed by atoms with van der Waals surface area (Å²) in [6.45, 7) is 1.95. The van der Waals surface area contributed by atoms with Crippen molar-refractivity contribution in [3.8, 4) is 11.5 Å². The molecule has 0 N–H and O–H groups in total. The Morgan fingerprint density at radius 3 is 2.46 bits per heavy atom. The number of nitrogens with zero attached hydrogens (tertiary/aromatic N) is 2. The number of methoxy groups -OCH3 is 2. The van der Waals surface area contributed by atoms with Gasteiger partial charge in [0.25, 0.3) is 0 Å². The van der Waals surface area contributed by atoms with Crippen LogP contribution in [0, 0.1) is 5.82 Å². The molecule has 2 aromatic carbocycles. The fourth-order valence-corrected chi connectivity index (χ4v) is 3.08. The Hall–Kier alpha value is -2.14. The molecular weight excluding hydrogens is 331 g/mol. The molecule has 3 rings (SSSR count). The minimum Gasteiger partial charge on any atom is -0.493 e. The predicted molar refractivity (Wildman–Crippen MR) is 90.8 cm³/mol. The lowest BCUT2D eigenvalue weighted by Crippen LogP contribution is -2.09. The summed E-state index contributed by atoms with van der Waals surface area (Å²) in [6.07, 6.45) is 0.584. The van der Waals surface area contributed by atoms with Crippen LogP contribution in [-0.2, 0) is 6.42 Å². The van der Waals surface area contributed by atoms with E-state index in [4.69, 9.17) is 21.1 Å². The lowest BCUT2D eigenvalue weighted by Gasteiger charge is -2.19. The summed E-state index contributed by atoms with van der Waals surface area (Å²) in [5.74, 6) is -0.00229. The molecule has 6 heteroatoms. The number of hydrogen-bond acceptors (Lipinski definition) is 4. The van der Waals surface area contributed by atoms with Gasteiger partial charge in [0.15, 0.2) is 17.3 Å². The Bertz CT molecular complexity index is 778. The van der Waals surface area contributed by atoms with E-state index < -0.39 is 11.9 Å². The van der Waals surface area contributed by atoms with Crippen LogP contribution in [0.3, 0.4) is 0 Å². The van der Waals surface area contributed by atoms with Gasteiger partial charge in [-0.3, -0.25) is 0 Å². The first-order valence-electron chi connectivity index (χ1n) is 7.63. The van der Waals surface area contributed by atoms with Gasteiger partial charge in [0, 0.05) is 10.6 Å². The topological polar surface area (TPSA) is 43.2 Å². The molecule has 0 fully saturated rings. The Morgan fingerprint density at radius 1 is 1.12 bits per heavy atom. The molecule has 0 radical (unpaired) electrons. The van der Waals surface area contributed by atoms with Crippen LogP contribution in [0.15, 0.2) is 40.6 Å². The van der Waals surface area contributed by atoms with Crippen LogP contribution in [0.2, 0.25) is 5.02 Å². The second-order valence-electron chi connectivity index (χ2n) is 5.74. The van der Waals surface area contributed by atoms with Gasteiger partial charge in [-0.05, 0) is 42.7 Å². The maximum Gasteiger partial charge on any atom is 0.197 e. The van der Waals surface area contributed by atoms with Gasteiger partial charge in [-0.2, -0.15) is 10.2 Å². The van der Waals surface area contributed by atoms with E-state index in [1.165, 1.54) is 14.2 Å². The fraction of sp³-hybridized carbons (Fsp3) is 0.333. The molecule has 1 aliphatic heterocycles. The second kappa shape index (κ2) is 6.77. The van der Waals surface area contributed by atoms with Crippen LogP contribution in [0.25, 0.3) is 0 Å². The summed E-state index contributed by atoms with van der Waals surface area (Å²) >= 11 is 5.96. The van der Waals surface area contributed by atoms with Crippen LogP contribution in [0.4, 0.5) is 4.39 Å². The predicted octanol–water partition coefficient (Wildman–Crippen LogP) is 4.98. The highest BCUT2D eigenvalue weighted by Crippen LogP contribution is 2.42. The van der Waals surface area contributed by atoms with Gasteiger partial charge < -0.3 is 9.47 Å². The first kappa shape index (κ1) is 16.7. The Labute approximate surface area is 145 Å². The molecule has 0 aromatic heterocycles. The average Bonchev–Trinajstić information content (AvgIpc) is 2.74. The zero-order chi connectivity index (χ0) is 17.3. The quantitative estimate of drug-likeness (QED) is 0.784. The van der Waals surface area contributed by atoms with Crippen molar-refractivity contribution >= 4 is 11.6 Å². The van der Waals surface area contributed by atoms with Gasteiger partial charge in [0.05, 0.1) is 20.3 Å². The second-order valence-corrected chi connectivity index (χ2v) is 6.17. The van der Waals surface area contributed by atoms with Gasteiger partial charge in [-0.1, -0.05) is 23.7 Å². The molecule has 24 heavy (non-hydrogen) atoms. The van der Waals surface area contributed by atoms with Gasteiger partial charge in [0.2, 0.25) is 0 Å². The zero-order valence-corrected chi connectivity index (χ0v) is 14.5. The molecule has 1 aliphatic rings. The van der Waals surface area contributed by atoms with Crippen molar-refractivity contribution < 1.29 is 13.9 Å². The molecule has 0 saturated carbocycles. The molecule has 4 nitrogen and oxygen atoms in total. The lowest BCUT2D eigenvalue weighted by atomic mass is 9.91. The standard InChI is InChI=1S/C18H18ClFN2O2/c1-10-8-12-9-14(23-2)18(24-3)16(20)15(12)17(22-21-10)11-4-6-13(19)7-5-11/h4-7,9-10,17H,8H2,1-3H3. The first-order valence-corrected chi connectivity index (χ1v) is 8.01. The maximum atomic E-state index is 15.2. The lowest BCUT2D eigenvalue weighted by molar-refractivity contribution is 0.334. The van der Waals surface area contributed by atoms with Crippen molar-refractivity contribution in [3.05, 3.63) is 57.9 Å². The van der Waals surface area contributed by atoms with Crippen molar-refractivity contribution in [1.29, 1.82) is 0 Å². The molecule has 0 amide bonds. The van der Waals surface area contributed by atoms with Crippen LogP contribution in [0.1, 0.15) is 29.7 Å². The zero-order valence-electron chi connectivity index (χ0n) is 13.7. The fourth-order valence-electron chi connectivity index (χ4n) is 2.96. The molecule has 2 unspecified atom stereocenters. The largest absolute Gasteiger partial charge is 0.493 e. The third-order valence-electron chi connectivity index (χ3n) is 4.09. The highest BCUT2D eigenvalue weighted by molar-refractivity contribution is 6.30. The SMILES string of the molecule is COc1cc2c(c(F)c1OC)C(c1ccc(Cl)cc1)N=NC(C)C2. The van der Waals surface area contributed by atoms with Crippen LogP contribution in [0.5, 0.6) is 11.5 Å². The van der Waals surface area contributed by atoms with E-state index in [1.807, 2.05) is 25.1 Å². The van der Waals surface area contributed by atoms with E-state index in [1.54, 1.807) is 12.1 Å². The summed E-state index contributed by atoms with van der Waals surface area (Å²) in [5.41, 5.74) is 2.12. The highest BCUT2D eigenvalue weighted by Gasteiger charge is 2.29. The molecule has 0 spiro atoms. The van der Waals surface area contributed by atoms with Crippen LogP contribution >= 0.6 is 11.6 Å². The van der Waals surface area contributed by atoms with Gasteiger partial charge in [-0.15, -0.1) is 0 Å². The minimum absolute atomic E-state index is 0.0430. The Kier molecular flexibility index (Phi) is 4.71. The normalized spacial score (nSPS) is 19.5. The number of hydrogen-bond donors (Lipinski definition) is 0. The summed E-state index contributed by atoms with van der Waals surface area (Å²) in [5, 5.41) is 9.31. The summed E-state index contributed by atoms with van der Waals surface area (Å²) in [6, 6.07) is 8.43. The first-order chi connectivity index (χ1) is 11.5.